The molecular formula is C15H15ClN2O3. The largest absolute Gasteiger partial charge is 0.486 e. The van der Waals surface area contributed by atoms with Crippen LogP contribution in [0.25, 0.3) is 0 Å². The summed E-state index contributed by atoms with van der Waals surface area (Å²) in [7, 11) is 0. The van der Waals surface area contributed by atoms with Crippen molar-refractivity contribution >= 4 is 23.0 Å². The maximum absolute atomic E-state index is 10.9. The maximum Gasteiger partial charge on any atom is 0.312 e. The molecule has 2 aromatic carbocycles. The van der Waals surface area contributed by atoms with Crippen molar-refractivity contribution in [3.8, 4) is 5.75 Å². The van der Waals surface area contributed by atoms with Gasteiger partial charge in [-0.15, -0.1) is 0 Å². The minimum Gasteiger partial charge on any atom is -0.486 e. The van der Waals surface area contributed by atoms with Gasteiger partial charge in [0.25, 0.3) is 0 Å². The van der Waals surface area contributed by atoms with E-state index in [-0.39, 0.29) is 16.5 Å². The Morgan fingerprint density at radius 1 is 1.19 bits per heavy atom. The van der Waals surface area contributed by atoms with Crippen LogP contribution in [0.1, 0.15) is 12.0 Å². The summed E-state index contributed by atoms with van der Waals surface area (Å²) in [6.45, 7) is 0.356. The number of para-hydroxylation sites is 1. The van der Waals surface area contributed by atoms with Crippen LogP contribution in [-0.4, -0.2) is 11.5 Å². The summed E-state index contributed by atoms with van der Waals surface area (Å²) in [6, 6.07) is 12.1. The first-order chi connectivity index (χ1) is 10.1. The molecule has 0 aliphatic carbocycles. The van der Waals surface area contributed by atoms with Gasteiger partial charge in [-0.3, -0.25) is 10.1 Å². The molecule has 2 N–H and O–H groups in total. The Hall–Kier alpha value is -2.27. The van der Waals surface area contributed by atoms with Crippen LogP contribution in [-0.2, 0) is 6.42 Å². The zero-order chi connectivity index (χ0) is 15.2. The van der Waals surface area contributed by atoms with E-state index in [1.54, 1.807) is 6.07 Å². The van der Waals surface area contributed by atoms with Crippen molar-refractivity contribution in [2.24, 2.45) is 0 Å². The predicted octanol–water partition coefficient (Wildman–Crippen LogP) is 3.84. The molecule has 0 spiro atoms. The van der Waals surface area contributed by atoms with Gasteiger partial charge in [0.1, 0.15) is 0 Å². The zero-order valence-electron chi connectivity index (χ0n) is 11.3. The standard InChI is InChI=1S/C15H15ClN2O3/c16-13-4-1-5-14(18(19)20)15(13)21-10-2-3-11-6-8-12(17)9-7-11/h1,4-9H,2-3,10,17H2. The number of rotatable bonds is 6. The average Bonchev–Trinajstić information content (AvgIpc) is 2.46. The molecule has 5 nitrogen and oxygen atoms in total. The normalized spacial score (nSPS) is 10.3. The molecule has 0 unspecified atom stereocenters. The Morgan fingerprint density at radius 3 is 2.57 bits per heavy atom. The number of nitrogens with two attached hydrogens (primary N) is 1. The lowest BCUT2D eigenvalue weighted by molar-refractivity contribution is -0.385. The Bertz CT molecular complexity index is 629. The maximum atomic E-state index is 10.9. The smallest absolute Gasteiger partial charge is 0.312 e. The van der Waals surface area contributed by atoms with E-state index in [1.165, 1.54) is 12.1 Å². The number of nitro benzene ring substituents is 1. The van der Waals surface area contributed by atoms with Gasteiger partial charge in [0.2, 0.25) is 5.75 Å². The van der Waals surface area contributed by atoms with Gasteiger partial charge in [0, 0.05) is 11.8 Å². The number of nitrogen functional groups attached to an aromatic ring is 1. The molecule has 2 aromatic rings. The van der Waals surface area contributed by atoms with Crippen LogP contribution in [0.3, 0.4) is 0 Å². The second-order valence-corrected chi connectivity index (χ2v) is 4.95. The van der Waals surface area contributed by atoms with Crippen molar-refractivity contribution in [1.82, 2.24) is 0 Å². The van der Waals surface area contributed by atoms with E-state index < -0.39 is 4.92 Å². The van der Waals surface area contributed by atoms with Gasteiger partial charge in [0.15, 0.2) is 0 Å². The third-order valence-corrected chi connectivity index (χ3v) is 3.28. The molecule has 0 saturated heterocycles. The quantitative estimate of drug-likeness (QED) is 0.380. The van der Waals surface area contributed by atoms with Gasteiger partial charge < -0.3 is 10.5 Å². The fourth-order valence-electron chi connectivity index (χ4n) is 1.92. The summed E-state index contributed by atoms with van der Waals surface area (Å²) in [5.41, 5.74) is 7.36. The highest BCUT2D eigenvalue weighted by Crippen LogP contribution is 2.34. The SMILES string of the molecule is Nc1ccc(CCCOc2c(Cl)cccc2[N+](=O)[O-])cc1. The first kappa shape index (κ1) is 15.1. The number of aryl methyl sites for hydroxylation is 1. The van der Waals surface area contributed by atoms with Crippen molar-refractivity contribution in [1.29, 1.82) is 0 Å². The van der Waals surface area contributed by atoms with Gasteiger partial charge in [-0.1, -0.05) is 29.8 Å². The average molecular weight is 307 g/mol. The molecule has 6 heteroatoms. The topological polar surface area (TPSA) is 78.4 Å². The molecular weight excluding hydrogens is 292 g/mol. The summed E-state index contributed by atoms with van der Waals surface area (Å²) in [4.78, 5) is 10.4. The number of ether oxygens (including phenoxy) is 1. The lowest BCUT2D eigenvalue weighted by Gasteiger charge is -2.08. The molecule has 0 bridgehead atoms. The number of anilines is 1. The molecule has 0 aromatic heterocycles. The fraction of sp³-hybridized carbons (Fsp3) is 0.200. The number of hydrogen-bond donors (Lipinski definition) is 1. The molecule has 21 heavy (non-hydrogen) atoms. The van der Waals surface area contributed by atoms with E-state index in [0.717, 1.165) is 24.1 Å². The van der Waals surface area contributed by atoms with Crippen molar-refractivity contribution in [2.75, 3.05) is 12.3 Å². The minimum absolute atomic E-state index is 0.116. The molecule has 0 aliphatic rings. The van der Waals surface area contributed by atoms with Crippen molar-refractivity contribution in [3.63, 3.8) is 0 Å². The molecule has 0 aliphatic heterocycles. The van der Waals surface area contributed by atoms with Gasteiger partial charge in [-0.05, 0) is 36.6 Å². The third-order valence-electron chi connectivity index (χ3n) is 2.98. The fourth-order valence-corrected chi connectivity index (χ4v) is 2.14. The molecule has 110 valence electrons. The van der Waals surface area contributed by atoms with E-state index >= 15 is 0 Å². The number of halogens is 1. The summed E-state index contributed by atoms with van der Waals surface area (Å²) in [5, 5.41) is 11.2. The van der Waals surface area contributed by atoms with E-state index in [4.69, 9.17) is 22.1 Å². The van der Waals surface area contributed by atoms with E-state index in [9.17, 15) is 10.1 Å². The summed E-state index contributed by atoms with van der Waals surface area (Å²) >= 11 is 5.94. The van der Waals surface area contributed by atoms with Gasteiger partial charge in [-0.2, -0.15) is 0 Å². The molecule has 0 fully saturated rings. The van der Waals surface area contributed by atoms with Crippen LogP contribution in [0, 0.1) is 10.1 Å². The predicted molar refractivity (Wildman–Crippen MR) is 82.8 cm³/mol. The number of hydrogen-bond acceptors (Lipinski definition) is 4. The first-order valence-electron chi connectivity index (χ1n) is 6.48. The van der Waals surface area contributed by atoms with Crippen LogP contribution in [0.4, 0.5) is 11.4 Å². The Kier molecular flexibility index (Phi) is 5.00. The lowest BCUT2D eigenvalue weighted by Crippen LogP contribution is -2.02. The van der Waals surface area contributed by atoms with E-state index in [0.29, 0.717) is 6.61 Å². The van der Waals surface area contributed by atoms with Crippen LogP contribution in [0.15, 0.2) is 42.5 Å². The molecule has 0 saturated carbocycles. The van der Waals surface area contributed by atoms with E-state index in [2.05, 4.69) is 0 Å². The lowest BCUT2D eigenvalue weighted by atomic mass is 10.1. The van der Waals surface area contributed by atoms with Crippen molar-refractivity contribution in [3.05, 3.63) is 63.2 Å². The van der Waals surface area contributed by atoms with Crippen LogP contribution >= 0.6 is 11.6 Å². The van der Waals surface area contributed by atoms with Gasteiger partial charge >= 0.3 is 5.69 Å². The van der Waals surface area contributed by atoms with Gasteiger partial charge in [-0.25, -0.2) is 0 Å². The number of nitrogens with zero attached hydrogens (tertiary/aromatic N) is 1. The Morgan fingerprint density at radius 2 is 1.90 bits per heavy atom. The second-order valence-electron chi connectivity index (χ2n) is 4.54. The van der Waals surface area contributed by atoms with Crippen molar-refractivity contribution in [2.45, 2.75) is 12.8 Å². The second kappa shape index (κ2) is 6.95. The third kappa shape index (κ3) is 4.10. The molecule has 0 heterocycles. The summed E-state index contributed by atoms with van der Waals surface area (Å²) in [5.74, 6) is 0.126. The van der Waals surface area contributed by atoms with Crippen LogP contribution < -0.4 is 10.5 Å². The highest BCUT2D eigenvalue weighted by Gasteiger charge is 2.17. The summed E-state index contributed by atoms with van der Waals surface area (Å²) < 4.78 is 5.48. The Labute approximate surface area is 127 Å². The molecule has 0 amide bonds. The number of benzene rings is 2. The molecule has 2 rings (SSSR count). The van der Waals surface area contributed by atoms with E-state index in [1.807, 2.05) is 24.3 Å². The summed E-state index contributed by atoms with van der Waals surface area (Å²) in [6.07, 6.45) is 1.53. The van der Waals surface area contributed by atoms with Crippen molar-refractivity contribution < 1.29 is 9.66 Å². The zero-order valence-corrected chi connectivity index (χ0v) is 12.0. The van der Waals surface area contributed by atoms with Crippen LogP contribution in [0.2, 0.25) is 5.02 Å². The monoisotopic (exact) mass is 306 g/mol. The highest BCUT2D eigenvalue weighted by molar-refractivity contribution is 6.32. The highest BCUT2D eigenvalue weighted by atomic mass is 35.5. The van der Waals surface area contributed by atoms with Gasteiger partial charge in [0.05, 0.1) is 16.6 Å². The first-order valence-corrected chi connectivity index (χ1v) is 6.86. The van der Waals surface area contributed by atoms with Crippen LogP contribution in [0.5, 0.6) is 5.75 Å². The molecule has 0 radical (unpaired) electrons. The molecule has 0 atom stereocenters. The number of nitro groups is 1. The Balaban J connectivity index is 1.92. The minimum atomic E-state index is -0.499.